The van der Waals surface area contributed by atoms with E-state index in [1.165, 1.54) is 6.33 Å². The Morgan fingerprint density at radius 3 is 2.95 bits per heavy atom. The number of aromatic nitrogens is 4. The van der Waals surface area contributed by atoms with Gasteiger partial charge in [-0.1, -0.05) is 20.8 Å². The molecule has 0 bridgehead atoms. The van der Waals surface area contributed by atoms with Crippen molar-refractivity contribution in [1.29, 1.82) is 0 Å². The molecule has 0 aromatic carbocycles. The van der Waals surface area contributed by atoms with E-state index >= 15 is 0 Å². The molecule has 21 heavy (non-hydrogen) atoms. The number of H-pyrrole nitrogens is 1. The van der Waals surface area contributed by atoms with E-state index in [2.05, 4.69) is 51.6 Å². The maximum atomic E-state index is 12.1. The first-order valence-electron chi connectivity index (χ1n) is 7.03. The van der Waals surface area contributed by atoms with Crippen molar-refractivity contribution in [3.8, 4) is 0 Å². The average Bonchev–Trinajstić information content (AvgIpc) is 2.88. The Hall–Kier alpha value is -1.76. The largest absolute Gasteiger partial charge is 0.349 e. The van der Waals surface area contributed by atoms with E-state index in [1.807, 2.05) is 0 Å². The van der Waals surface area contributed by atoms with Gasteiger partial charge in [0.1, 0.15) is 17.2 Å². The van der Waals surface area contributed by atoms with Gasteiger partial charge in [0.05, 0.1) is 12.2 Å². The van der Waals surface area contributed by atoms with Gasteiger partial charge in [0, 0.05) is 22.6 Å². The second kappa shape index (κ2) is 5.22. The van der Waals surface area contributed by atoms with Crippen LogP contribution in [0.15, 0.2) is 11.7 Å². The fourth-order valence-corrected chi connectivity index (χ4v) is 3.17. The van der Waals surface area contributed by atoms with Crippen molar-refractivity contribution >= 4 is 17.2 Å². The zero-order chi connectivity index (χ0) is 15.0. The molecule has 1 aliphatic carbocycles. The zero-order valence-electron chi connectivity index (χ0n) is 12.4. The van der Waals surface area contributed by atoms with Crippen LogP contribution in [0.25, 0.3) is 0 Å². The molecule has 0 aliphatic heterocycles. The predicted octanol–water partition coefficient (Wildman–Crippen LogP) is 1.98. The third-order valence-electron chi connectivity index (χ3n) is 3.65. The van der Waals surface area contributed by atoms with Crippen LogP contribution < -0.4 is 5.32 Å². The van der Waals surface area contributed by atoms with E-state index in [9.17, 15) is 4.79 Å². The number of carbonyl (C=O) groups is 1. The lowest BCUT2D eigenvalue weighted by molar-refractivity contribution is -0.122. The molecule has 2 N–H and O–H groups in total. The molecule has 2 aromatic heterocycles. The van der Waals surface area contributed by atoms with Crippen LogP contribution in [0.1, 0.15) is 49.6 Å². The number of hydrogen-bond acceptors (Lipinski definition) is 5. The van der Waals surface area contributed by atoms with Gasteiger partial charge >= 0.3 is 0 Å². The van der Waals surface area contributed by atoms with Gasteiger partial charge in [0.2, 0.25) is 5.91 Å². The summed E-state index contributed by atoms with van der Waals surface area (Å²) in [5.74, 6) is 1.08. The maximum Gasteiger partial charge on any atom is 0.224 e. The molecule has 0 radical (unpaired) electrons. The highest BCUT2D eigenvalue weighted by Gasteiger charge is 2.45. The summed E-state index contributed by atoms with van der Waals surface area (Å²) in [6.07, 6.45) is 2.32. The molecule has 0 spiro atoms. The Morgan fingerprint density at radius 2 is 2.33 bits per heavy atom. The van der Waals surface area contributed by atoms with Gasteiger partial charge in [0.25, 0.3) is 0 Å². The number of thiazole rings is 1. The molecule has 6 nitrogen and oxygen atoms in total. The van der Waals surface area contributed by atoms with Crippen LogP contribution in [0, 0.1) is 5.92 Å². The van der Waals surface area contributed by atoms with Crippen LogP contribution in [0.5, 0.6) is 0 Å². The van der Waals surface area contributed by atoms with Crippen molar-refractivity contribution < 1.29 is 4.79 Å². The Kier molecular flexibility index (Phi) is 3.52. The summed E-state index contributed by atoms with van der Waals surface area (Å²) in [5.41, 5.74) is 1.12. The molecule has 112 valence electrons. The van der Waals surface area contributed by atoms with Crippen LogP contribution >= 0.6 is 11.3 Å². The summed E-state index contributed by atoms with van der Waals surface area (Å²) < 4.78 is 0. The summed E-state index contributed by atoms with van der Waals surface area (Å²) in [6.45, 7) is 6.91. The highest BCUT2D eigenvalue weighted by atomic mass is 32.1. The lowest BCUT2D eigenvalue weighted by atomic mass is 9.93. The molecular formula is C14H19N5OS. The van der Waals surface area contributed by atoms with Gasteiger partial charge in [-0.3, -0.25) is 9.89 Å². The molecule has 2 atom stereocenters. The number of amides is 1. The first-order valence-corrected chi connectivity index (χ1v) is 7.91. The Morgan fingerprint density at radius 1 is 1.52 bits per heavy atom. The topological polar surface area (TPSA) is 83.6 Å². The zero-order valence-corrected chi connectivity index (χ0v) is 13.2. The van der Waals surface area contributed by atoms with E-state index in [0.717, 1.165) is 22.9 Å². The van der Waals surface area contributed by atoms with Crippen LogP contribution in [0.2, 0.25) is 0 Å². The number of aromatic amines is 1. The molecule has 3 rings (SSSR count). The smallest absolute Gasteiger partial charge is 0.224 e. The van der Waals surface area contributed by atoms with Crippen molar-refractivity contribution in [2.24, 2.45) is 5.92 Å². The summed E-state index contributed by atoms with van der Waals surface area (Å²) in [6, 6.07) is 0. The highest BCUT2D eigenvalue weighted by molar-refractivity contribution is 7.09. The molecular weight excluding hydrogens is 286 g/mol. The molecule has 1 saturated carbocycles. The maximum absolute atomic E-state index is 12.1. The van der Waals surface area contributed by atoms with Crippen molar-refractivity contribution in [2.45, 2.75) is 45.1 Å². The third-order valence-corrected chi connectivity index (χ3v) is 4.49. The Balaban J connectivity index is 1.52. The lowest BCUT2D eigenvalue weighted by Gasteiger charge is -2.14. The number of rotatable bonds is 4. The fraction of sp³-hybridized carbons (Fsp3) is 0.571. The SMILES string of the molecule is CC(C)(C)c1csc(CNC(=O)[C@@H]2C[C@@H]2c2ncn[nH]2)n1. The van der Waals surface area contributed by atoms with Crippen molar-refractivity contribution in [3.05, 3.63) is 28.2 Å². The molecule has 1 aliphatic rings. The summed E-state index contributed by atoms with van der Waals surface area (Å²) >= 11 is 1.59. The average molecular weight is 305 g/mol. The monoisotopic (exact) mass is 305 g/mol. The van der Waals surface area contributed by atoms with Gasteiger partial charge in [-0.25, -0.2) is 9.97 Å². The van der Waals surface area contributed by atoms with E-state index < -0.39 is 0 Å². The molecule has 2 heterocycles. The van der Waals surface area contributed by atoms with Crippen molar-refractivity contribution in [3.63, 3.8) is 0 Å². The molecule has 0 saturated heterocycles. The normalized spacial score (nSPS) is 21.3. The minimum Gasteiger partial charge on any atom is -0.349 e. The van der Waals surface area contributed by atoms with Gasteiger partial charge < -0.3 is 5.32 Å². The molecule has 0 unspecified atom stereocenters. The van der Waals surface area contributed by atoms with Crippen molar-refractivity contribution in [2.75, 3.05) is 0 Å². The second-order valence-corrected chi connectivity index (χ2v) is 7.36. The van der Waals surface area contributed by atoms with Gasteiger partial charge in [0.15, 0.2) is 0 Å². The fourth-order valence-electron chi connectivity index (χ4n) is 2.21. The van der Waals surface area contributed by atoms with Crippen LogP contribution in [0.3, 0.4) is 0 Å². The van der Waals surface area contributed by atoms with E-state index in [0.29, 0.717) is 6.54 Å². The quantitative estimate of drug-likeness (QED) is 0.904. The standard InChI is InChI=1S/C14H19N5OS/c1-14(2,3)10-6-21-11(18-10)5-15-13(20)9-4-8(9)12-16-7-17-19-12/h6-9H,4-5H2,1-3H3,(H,15,20)(H,16,17,19)/t8-,9+/m0/s1. The number of carbonyl (C=O) groups excluding carboxylic acids is 1. The van der Waals surface area contributed by atoms with Gasteiger partial charge in [-0.15, -0.1) is 11.3 Å². The third kappa shape index (κ3) is 3.12. The second-order valence-electron chi connectivity index (χ2n) is 6.41. The lowest BCUT2D eigenvalue weighted by Crippen LogP contribution is -2.25. The minimum absolute atomic E-state index is 0.0139. The molecule has 7 heteroatoms. The van der Waals surface area contributed by atoms with E-state index in [4.69, 9.17) is 0 Å². The number of nitrogens with zero attached hydrogens (tertiary/aromatic N) is 3. The summed E-state index contributed by atoms with van der Waals surface area (Å²) in [5, 5.41) is 12.6. The first-order chi connectivity index (χ1) is 9.95. The molecule has 2 aromatic rings. The van der Waals surface area contributed by atoms with Crippen LogP contribution in [0.4, 0.5) is 0 Å². The molecule has 1 amide bonds. The summed E-state index contributed by atoms with van der Waals surface area (Å²) in [7, 11) is 0. The van der Waals surface area contributed by atoms with Gasteiger partial charge in [-0.05, 0) is 6.42 Å². The van der Waals surface area contributed by atoms with Crippen LogP contribution in [-0.4, -0.2) is 26.1 Å². The first kappa shape index (κ1) is 14.2. The van der Waals surface area contributed by atoms with E-state index in [1.54, 1.807) is 11.3 Å². The van der Waals surface area contributed by atoms with Gasteiger partial charge in [-0.2, -0.15) is 5.10 Å². The number of nitrogens with one attached hydrogen (secondary N) is 2. The predicted molar refractivity (Wildman–Crippen MR) is 79.9 cm³/mol. The Bertz CT molecular complexity index is 628. The summed E-state index contributed by atoms with van der Waals surface area (Å²) in [4.78, 5) is 20.8. The highest BCUT2D eigenvalue weighted by Crippen LogP contribution is 2.45. The Labute approximate surface area is 127 Å². The van der Waals surface area contributed by atoms with E-state index in [-0.39, 0.29) is 23.2 Å². The van der Waals surface area contributed by atoms with Crippen LogP contribution in [-0.2, 0) is 16.8 Å². The number of hydrogen-bond donors (Lipinski definition) is 2. The minimum atomic E-state index is 0.0139. The molecule has 1 fully saturated rings. The van der Waals surface area contributed by atoms with Crippen molar-refractivity contribution in [1.82, 2.24) is 25.5 Å².